The number of aromatic amines is 2. The predicted octanol–water partition coefficient (Wildman–Crippen LogP) is 7.40. The molecule has 3 amide bonds. The monoisotopic (exact) mass is 706 g/mol. The van der Waals surface area contributed by atoms with Crippen LogP contribution in [0.15, 0.2) is 116 Å². The minimum Gasteiger partial charge on any atom is -0.361 e. The molecule has 0 unspecified atom stereocenters. The molecular weight excluding hydrogens is 661 g/mol. The third kappa shape index (κ3) is 7.95. The van der Waals surface area contributed by atoms with E-state index in [2.05, 4.69) is 57.6 Å². The fourth-order valence-corrected chi connectivity index (χ4v) is 7.53. The fourth-order valence-electron chi connectivity index (χ4n) is 7.53. The normalized spacial score (nSPS) is 13.8. The van der Waals surface area contributed by atoms with Gasteiger partial charge in [0.15, 0.2) is 0 Å². The first-order chi connectivity index (χ1) is 25.7. The van der Waals surface area contributed by atoms with Crippen LogP contribution in [-0.4, -0.2) is 68.3 Å². The minimum atomic E-state index is -0.306. The van der Waals surface area contributed by atoms with Crippen molar-refractivity contribution >= 4 is 45.1 Å². The van der Waals surface area contributed by atoms with Crippen molar-refractivity contribution < 1.29 is 14.4 Å². The first-order valence-corrected chi connectivity index (χ1v) is 18.3. The molecule has 0 saturated carbocycles. The first-order valence-electron chi connectivity index (χ1n) is 18.3. The molecule has 0 aliphatic carbocycles. The number of aromatic nitrogens is 2. The third-order valence-electron chi connectivity index (χ3n) is 10.4. The number of amides is 3. The van der Waals surface area contributed by atoms with Crippen LogP contribution in [0.1, 0.15) is 58.4 Å². The van der Waals surface area contributed by atoms with Crippen molar-refractivity contribution in [1.29, 1.82) is 0 Å². The van der Waals surface area contributed by atoms with Crippen molar-refractivity contribution in [2.75, 3.05) is 19.6 Å². The molecule has 9 nitrogen and oxygen atoms in total. The molecule has 0 spiro atoms. The maximum atomic E-state index is 13.7. The molecule has 0 bridgehead atoms. The Morgan fingerprint density at radius 3 is 2.30 bits per heavy atom. The van der Waals surface area contributed by atoms with Crippen LogP contribution < -0.4 is 5.32 Å². The van der Waals surface area contributed by atoms with E-state index in [1.807, 2.05) is 95.1 Å². The highest BCUT2D eigenvalue weighted by Gasteiger charge is 2.32. The van der Waals surface area contributed by atoms with Gasteiger partial charge >= 0.3 is 0 Å². The van der Waals surface area contributed by atoms with Gasteiger partial charge in [-0.3, -0.25) is 19.4 Å². The van der Waals surface area contributed by atoms with Crippen LogP contribution >= 0.6 is 0 Å². The lowest BCUT2D eigenvalue weighted by Crippen LogP contribution is -2.57. The number of aryl methyl sites for hydroxylation is 1. The van der Waals surface area contributed by atoms with Gasteiger partial charge in [0.1, 0.15) is 0 Å². The third-order valence-corrected chi connectivity index (χ3v) is 10.4. The van der Waals surface area contributed by atoms with Gasteiger partial charge in [-0.15, -0.1) is 0 Å². The van der Waals surface area contributed by atoms with Crippen LogP contribution in [0.2, 0.25) is 0 Å². The molecule has 2 aromatic heterocycles. The molecule has 3 N–H and O–H groups in total. The van der Waals surface area contributed by atoms with Crippen LogP contribution in [0.5, 0.6) is 0 Å². The number of para-hydroxylation sites is 1. The lowest BCUT2D eigenvalue weighted by molar-refractivity contribution is -0.155. The average molecular weight is 707 g/mol. The summed E-state index contributed by atoms with van der Waals surface area (Å²) >= 11 is 0. The summed E-state index contributed by atoms with van der Waals surface area (Å²) in [6.07, 6.45) is 7.50. The summed E-state index contributed by atoms with van der Waals surface area (Å²) < 4.78 is 0. The standard InChI is InChI=1S/C44H46N6O3/c1-30-11-7-8-14-36(30)28-48(31(2)51)29-38(23-37-26-45-42-16-10-9-15-39(37)42)50(32(3)52)49-21-19-34(20-22-49)41-27-46-43-18-17-35(24-40(41)43)44(53)47-25-33-12-5-4-6-13-33/h4-19,24,26-27,38,45-46H,20-23,25,28-29H2,1-3H3,(H,47,53)/t38-/m1/s1. The number of rotatable bonds is 12. The van der Waals surface area contributed by atoms with Gasteiger partial charge in [-0.05, 0) is 71.9 Å². The molecule has 1 aliphatic heterocycles. The average Bonchev–Trinajstić information content (AvgIpc) is 3.79. The van der Waals surface area contributed by atoms with Crippen molar-refractivity contribution in [2.45, 2.75) is 52.7 Å². The number of nitrogens with zero attached hydrogens (tertiary/aromatic N) is 3. The van der Waals surface area contributed by atoms with Gasteiger partial charge < -0.3 is 20.2 Å². The van der Waals surface area contributed by atoms with E-state index in [9.17, 15) is 14.4 Å². The van der Waals surface area contributed by atoms with Crippen LogP contribution in [0.25, 0.3) is 27.4 Å². The van der Waals surface area contributed by atoms with Crippen LogP contribution in [0, 0.1) is 6.92 Å². The lowest BCUT2D eigenvalue weighted by Gasteiger charge is -2.43. The summed E-state index contributed by atoms with van der Waals surface area (Å²) in [5.74, 6) is -0.217. The van der Waals surface area contributed by atoms with Gasteiger partial charge in [0.25, 0.3) is 5.91 Å². The number of carbonyl (C=O) groups is 3. The Kier molecular flexibility index (Phi) is 10.5. The number of hydrogen-bond acceptors (Lipinski definition) is 4. The highest BCUT2D eigenvalue weighted by Crippen LogP contribution is 2.31. The quantitative estimate of drug-likeness (QED) is 0.123. The molecule has 6 aromatic rings. The highest BCUT2D eigenvalue weighted by atomic mass is 16.2. The molecule has 9 heteroatoms. The van der Waals surface area contributed by atoms with Gasteiger partial charge in [-0.25, -0.2) is 5.01 Å². The molecular formula is C44H46N6O3. The largest absolute Gasteiger partial charge is 0.361 e. The number of carbonyl (C=O) groups excluding carboxylic acids is 3. The minimum absolute atomic E-state index is 0.0334. The van der Waals surface area contributed by atoms with Gasteiger partial charge in [-0.1, -0.05) is 78.9 Å². The molecule has 270 valence electrons. The number of hydrazine groups is 1. The molecule has 0 fully saturated rings. The van der Waals surface area contributed by atoms with Crippen LogP contribution in [0.3, 0.4) is 0 Å². The number of fused-ring (bicyclic) bond motifs is 2. The molecule has 7 rings (SSSR count). The van der Waals surface area contributed by atoms with E-state index in [-0.39, 0.29) is 23.8 Å². The second-order valence-electron chi connectivity index (χ2n) is 13.9. The Bertz CT molecular complexity index is 2290. The molecule has 1 aliphatic rings. The van der Waals surface area contributed by atoms with Crippen LogP contribution in [-0.2, 0) is 29.1 Å². The SMILES string of the molecule is CC(=O)N(Cc1ccccc1C)C[C@@H](Cc1c[nH]c2ccccc12)N(C(C)=O)N1CC=C(c2c[nH]c3ccc(C(=O)NCc4ccccc4)cc23)CC1. The molecule has 3 heterocycles. The van der Waals surface area contributed by atoms with Crippen molar-refractivity contribution in [1.82, 2.24) is 30.2 Å². The molecule has 0 saturated heterocycles. The topological polar surface area (TPSA) is 105 Å². The van der Waals surface area contributed by atoms with Crippen molar-refractivity contribution in [3.8, 4) is 0 Å². The number of nitrogens with one attached hydrogen (secondary N) is 3. The van der Waals surface area contributed by atoms with E-state index in [0.717, 1.165) is 55.2 Å². The van der Waals surface area contributed by atoms with E-state index >= 15 is 0 Å². The van der Waals surface area contributed by atoms with E-state index < -0.39 is 0 Å². The van der Waals surface area contributed by atoms with Crippen molar-refractivity contribution in [2.24, 2.45) is 0 Å². The summed E-state index contributed by atoms with van der Waals surface area (Å²) in [5, 5.41) is 9.15. The molecule has 4 aromatic carbocycles. The summed E-state index contributed by atoms with van der Waals surface area (Å²) in [6, 6.07) is 31.6. The Hall–Kier alpha value is -5.93. The molecule has 1 atom stereocenters. The predicted molar refractivity (Wildman–Crippen MR) is 211 cm³/mol. The van der Waals surface area contributed by atoms with Gasteiger partial charge in [-0.2, -0.15) is 0 Å². The van der Waals surface area contributed by atoms with Gasteiger partial charge in [0, 0.05) is 91.9 Å². The van der Waals surface area contributed by atoms with E-state index in [1.165, 1.54) is 0 Å². The second-order valence-corrected chi connectivity index (χ2v) is 13.9. The highest BCUT2D eigenvalue weighted by molar-refractivity contribution is 6.01. The van der Waals surface area contributed by atoms with E-state index in [4.69, 9.17) is 0 Å². The summed E-state index contributed by atoms with van der Waals surface area (Å²) in [7, 11) is 0. The number of hydrogen-bond donors (Lipinski definition) is 3. The zero-order chi connectivity index (χ0) is 36.9. The van der Waals surface area contributed by atoms with Gasteiger partial charge in [0.05, 0.1) is 6.04 Å². The molecule has 53 heavy (non-hydrogen) atoms. The lowest BCUT2D eigenvalue weighted by atomic mass is 9.98. The van der Waals surface area contributed by atoms with Gasteiger partial charge in [0.2, 0.25) is 11.8 Å². The second kappa shape index (κ2) is 15.8. The zero-order valence-corrected chi connectivity index (χ0v) is 30.6. The Morgan fingerprint density at radius 2 is 1.55 bits per heavy atom. The summed E-state index contributed by atoms with van der Waals surface area (Å²) in [4.78, 5) is 48.6. The maximum Gasteiger partial charge on any atom is 0.251 e. The summed E-state index contributed by atoms with van der Waals surface area (Å²) in [6.45, 7) is 7.75. The number of benzene rings is 4. The summed E-state index contributed by atoms with van der Waals surface area (Å²) in [5.41, 5.74) is 9.20. The smallest absolute Gasteiger partial charge is 0.251 e. The van der Waals surface area contributed by atoms with Crippen LogP contribution in [0.4, 0.5) is 0 Å². The first kappa shape index (κ1) is 35.5. The molecule has 0 radical (unpaired) electrons. The van der Waals surface area contributed by atoms with Crippen molar-refractivity contribution in [3.63, 3.8) is 0 Å². The van der Waals surface area contributed by atoms with E-state index in [1.54, 1.807) is 13.8 Å². The Morgan fingerprint density at radius 1 is 0.811 bits per heavy atom. The van der Waals surface area contributed by atoms with Crippen molar-refractivity contribution in [3.05, 3.63) is 149 Å². The zero-order valence-electron chi connectivity index (χ0n) is 30.6. The Labute approximate surface area is 310 Å². The maximum absolute atomic E-state index is 13.7. The van der Waals surface area contributed by atoms with E-state index in [0.29, 0.717) is 51.1 Å². The number of H-pyrrole nitrogens is 2. The fraction of sp³-hybridized carbons (Fsp3) is 0.250. The Balaban J connectivity index is 1.14.